The molecule has 1 aliphatic rings. The molecule has 166 valence electrons. The third-order valence-corrected chi connectivity index (χ3v) is 7.50. The van der Waals surface area contributed by atoms with E-state index in [2.05, 4.69) is 15.6 Å². The normalized spacial score (nSPS) is 16.0. The van der Waals surface area contributed by atoms with Crippen molar-refractivity contribution in [3.8, 4) is 11.6 Å². The summed E-state index contributed by atoms with van der Waals surface area (Å²) < 4.78 is 33.4. The molecule has 0 unspecified atom stereocenters. The molecular formula is C24H26N4O3S. The van der Waals surface area contributed by atoms with Gasteiger partial charge in [-0.15, -0.1) is 0 Å². The third-order valence-electron chi connectivity index (χ3n) is 6.20. The Morgan fingerprint density at radius 2 is 1.75 bits per heavy atom. The number of sulfonamides is 1. The number of rotatable bonds is 6. The van der Waals surface area contributed by atoms with Gasteiger partial charge in [-0.1, -0.05) is 36.4 Å². The number of pyridine rings is 1. The van der Waals surface area contributed by atoms with E-state index in [0.717, 1.165) is 53.5 Å². The molecule has 2 aromatic heterocycles. The van der Waals surface area contributed by atoms with Crippen LogP contribution < -0.4 is 4.74 Å². The summed E-state index contributed by atoms with van der Waals surface area (Å²) in [5.74, 6) is 1.73. The molecule has 0 saturated carbocycles. The fraction of sp³-hybridized carbons (Fsp3) is 0.333. The van der Waals surface area contributed by atoms with Crippen molar-refractivity contribution in [3.63, 3.8) is 0 Å². The fourth-order valence-electron chi connectivity index (χ4n) is 4.45. The molecule has 3 heterocycles. The molecule has 1 aliphatic heterocycles. The lowest BCUT2D eigenvalue weighted by atomic mass is 9.94. The van der Waals surface area contributed by atoms with Crippen molar-refractivity contribution in [1.82, 2.24) is 18.8 Å². The van der Waals surface area contributed by atoms with Gasteiger partial charge in [0.25, 0.3) is 0 Å². The van der Waals surface area contributed by atoms with Crippen LogP contribution >= 0.6 is 0 Å². The molecule has 5 rings (SSSR count). The van der Waals surface area contributed by atoms with Gasteiger partial charge < -0.3 is 9.30 Å². The van der Waals surface area contributed by atoms with Gasteiger partial charge in [0.1, 0.15) is 5.75 Å². The minimum Gasteiger partial charge on any atom is -0.437 e. The Kier molecular flexibility index (Phi) is 5.57. The number of para-hydroxylation sites is 2. The van der Waals surface area contributed by atoms with Crippen LogP contribution in [0.25, 0.3) is 21.9 Å². The number of hydrogen-bond acceptors (Lipinski definition) is 5. The minimum atomic E-state index is -3.09. The van der Waals surface area contributed by atoms with E-state index in [9.17, 15) is 8.42 Å². The van der Waals surface area contributed by atoms with E-state index in [-0.39, 0.29) is 0 Å². The number of ether oxygens (including phenoxy) is 1. The molecule has 0 N–H and O–H groups in total. The summed E-state index contributed by atoms with van der Waals surface area (Å²) in [7, 11) is -3.09. The lowest BCUT2D eigenvalue weighted by molar-refractivity contribution is 0.258. The van der Waals surface area contributed by atoms with Crippen LogP contribution in [0.4, 0.5) is 0 Å². The van der Waals surface area contributed by atoms with E-state index in [1.807, 2.05) is 54.9 Å². The highest BCUT2D eigenvalue weighted by molar-refractivity contribution is 7.88. The number of nitrogens with zero attached hydrogens (tertiary/aromatic N) is 4. The van der Waals surface area contributed by atoms with Crippen molar-refractivity contribution in [2.24, 2.45) is 5.92 Å². The summed E-state index contributed by atoms with van der Waals surface area (Å²) in [4.78, 5) is 9.39. The number of aromatic nitrogens is 3. The quantitative estimate of drug-likeness (QED) is 0.434. The van der Waals surface area contributed by atoms with E-state index >= 15 is 0 Å². The van der Waals surface area contributed by atoms with E-state index in [4.69, 9.17) is 9.72 Å². The molecule has 4 aromatic rings. The molecule has 0 amide bonds. The Morgan fingerprint density at radius 1 is 1.03 bits per heavy atom. The number of hydrogen-bond donors (Lipinski definition) is 0. The van der Waals surface area contributed by atoms with Gasteiger partial charge in [0.05, 0.1) is 23.6 Å². The Balaban J connectivity index is 1.42. The lowest BCUT2D eigenvalue weighted by Gasteiger charge is -2.30. The van der Waals surface area contributed by atoms with Crippen molar-refractivity contribution < 1.29 is 13.2 Å². The van der Waals surface area contributed by atoms with Crippen LogP contribution in [-0.2, 0) is 16.6 Å². The van der Waals surface area contributed by atoms with Crippen LogP contribution in [0.1, 0.15) is 19.3 Å². The second-order valence-corrected chi connectivity index (χ2v) is 10.4. The maximum Gasteiger partial charge on any atom is 0.248 e. The highest BCUT2D eigenvalue weighted by atomic mass is 32.2. The van der Waals surface area contributed by atoms with E-state index in [1.54, 1.807) is 4.31 Å². The van der Waals surface area contributed by atoms with Crippen LogP contribution in [0.3, 0.4) is 0 Å². The standard InChI is InChI=1S/C24H26N4O3S/c1-32(29,30)28-15-12-18(13-16-28)11-14-27-17-25-22-23(27)20-9-5-6-10-21(20)26-24(22)31-19-7-3-2-4-8-19/h2-10,17-18H,11-16H2,1H3. The van der Waals surface area contributed by atoms with Gasteiger partial charge in [-0.05, 0) is 43.4 Å². The van der Waals surface area contributed by atoms with Crippen molar-refractivity contribution in [3.05, 3.63) is 60.9 Å². The molecule has 1 fully saturated rings. The molecule has 0 spiro atoms. The number of benzene rings is 2. The first-order chi connectivity index (χ1) is 15.5. The fourth-order valence-corrected chi connectivity index (χ4v) is 5.32. The molecule has 0 bridgehead atoms. The number of piperidine rings is 1. The zero-order valence-electron chi connectivity index (χ0n) is 18.0. The van der Waals surface area contributed by atoms with Gasteiger partial charge in [-0.2, -0.15) is 0 Å². The molecule has 0 aliphatic carbocycles. The molecule has 7 nitrogen and oxygen atoms in total. The molecule has 0 atom stereocenters. The van der Waals surface area contributed by atoms with Gasteiger partial charge in [0, 0.05) is 25.0 Å². The summed E-state index contributed by atoms with van der Waals surface area (Å²) in [6.45, 7) is 2.03. The minimum absolute atomic E-state index is 0.499. The Labute approximate surface area is 187 Å². The summed E-state index contributed by atoms with van der Waals surface area (Å²) >= 11 is 0. The van der Waals surface area contributed by atoms with E-state index < -0.39 is 10.0 Å². The summed E-state index contributed by atoms with van der Waals surface area (Å²) in [6, 6.07) is 17.7. The first kappa shape index (κ1) is 20.9. The number of fused-ring (bicyclic) bond motifs is 3. The topological polar surface area (TPSA) is 77.3 Å². The van der Waals surface area contributed by atoms with Crippen molar-refractivity contribution in [2.75, 3.05) is 19.3 Å². The molecule has 0 radical (unpaired) electrons. The Morgan fingerprint density at radius 3 is 2.50 bits per heavy atom. The monoisotopic (exact) mass is 450 g/mol. The van der Waals surface area contributed by atoms with Crippen LogP contribution in [0.5, 0.6) is 11.6 Å². The smallest absolute Gasteiger partial charge is 0.248 e. The molecule has 8 heteroatoms. The highest BCUT2D eigenvalue weighted by Crippen LogP contribution is 2.33. The maximum atomic E-state index is 11.8. The highest BCUT2D eigenvalue weighted by Gasteiger charge is 2.25. The number of aryl methyl sites for hydroxylation is 1. The lowest BCUT2D eigenvalue weighted by Crippen LogP contribution is -2.37. The van der Waals surface area contributed by atoms with E-state index in [0.29, 0.717) is 24.9 Å². The molecule has 32 heavy (non-hydrogen) atoms. The predicted molar refractivity (Wildman–Crippen MR) is 125 cm³/mol. The largest absolute Gasteiger partial charge is 0.437 e. The Bertz CT molecular complexity index is 1340. The van der Waals surface area contributed by atoms with Gasteiger partial charge >= 0.3 is 0 Å². The van der Waals surface area contributed by atoms with Crippen LogP contribution in [0.2, 0.25) is 0 Å². The van der Waals surface area contributed by atoms with Crippen molar-refractivity contribution in [2.45, 2.75) is 25.8 Å². The molecular weight excluding hydrogens is 424 g/mol. The average molecular weight is 451 g/mol. The predicted octanol–water partition coefficient (Wildman–Crippen LogP) is 4.44. The number of imidazole rings is 1. The van der Waals surface area contributed by atoms with Gasteiger partial charge in [0.2, 0.25) is 15.9 Å². The summed E-state index contributed by atoms with van der Waals surface area (Å²) in [5, 5.41) is 1.05. The van der Waals surface area contributed by atoms with Crippen molar-refractivity contribution >= 4 is 32.0 Å². The third kappa shape index (κ3) is 4.20. The first-order valence-electron chi connectivity index (χ1n) is 10.9. The molecule has 2 aromatic carbocycles. The Hall–Kier alpha value is -2.97. The van der Waals surface area contributed by atoms with Crippen LogP contribution in [0, 0.1) is 5.92 Å². The molecule has 1 saturated heterocycles. The first-order valence-corrected chi connectivity index (χ1v) is 12.8. The second kappa shape index (κ2) is 8.52. The van der Waals surface area contributed by atoms with E-state index in [1.165, 1.54) is 6.26 Å². The SMILES string of the molecule is CS(=O)(=O)N1CCC(CCn2cnc3c(Oc4ccccc4)nc4ccccc4c32)CC1. The van der Waals surface area contributed by atoms with Crippen LogP contribution in [0.15, 0.2) is 60.9 Å². The van der Waals surface area contributed by atoms with Crippen LogP contribution in [-0.4, -0.2) is 46.6 Å². The zero-order valence-corrected chi connectivity index (χ0v) is 18.8. The van der Waals surface area contributed by atoms with Gasteiger partial charge in [-0.25, -0.2) is 22.7 Å². The zero-order chi connectivity index (χ0) is 22.1. The average Bonchev–Trinajstić information content (AvgIpc) is 3.23. The van der Waals surface area contributed by atoms with Crippen molar-refractivity contribution in [1.29, 1.82) is 0 Å². The van der Waals surface area contributed by atoms with Gasteiger partial charge in [-0.3, -0.25) is 0 Å². The summed E-state index contributed by atoms with van der Waals surface area (Å²) in [5.41, 5.74) is 2.64. The second-order valence-electron chi connectivity index (χ2n) is 8.38. The summed E-state index contributed by atoms with van der Waals surface area (Å²) in [6.07, 6.45) is 5.92. The maximum absolute atomic E-state index is 11.8. The van der Waals surface area contributed by atoms with Gasteiger partial charge in [0.15, 0.2) is 5.52 Å².